The van der Waals surface area contributed by atoms with Crippen molar-refractivity contribution in [1.82, 2.24) is 0 Å². The summed E-state index contributed by atoms with van der Waals surface area (Å²) in [7, 11) is 1.32. The number of furan rings is 1. The van der Waals surface area contributed by atoms with Crippen LogP contribution in [0, 0.1) is 3.57 Å². The van der Waals surface area contributed by atoms with Crippen LogP contribution in [0.5, 0.6) is 0 Å². The van der Waals surface area contributed by atoms with Crippen molar-refractivity contribution in [2.75, 3.05) is 12.4 Å². The van der Waals surface area contributed by atoms with Crippen LogP contribution in [0.25, 0.3) is 0 Å². The highest BCUT2D eigenvalue weighted by Gasteiger charge is 2.15. The van der Waals surface area contributed by atoms with E-state index in [0.717, 1.165) is 14.8 Å². The maximum Gasteiger partial charge on any atom is 0.374 e. The van der Waals surface area contributed by atoms with Crippen LogP contribution in [0.1, 0.15) is 16.1 Å². The molecule has 0 unspecified atom stereocenters. The third-order valence-electron chi connectivity index (χ3n) is 2.52. The Kier molecular flexibility index (Phi) is 4.71. The van der Waals surface area contributed by atoms with E-state index in [1.807, 2.05) is 18.2 Å². The zero-order chi connectivity index (χ0) is 13.8. The molecule has 1 heterocycles. The quantitative estimate of drug-likeness (QED) is 0.634. The van der Waals surface area contributed by atoms with Crippen molar-refractivity contribution in [3.8, 4) is 0 Å². The van der Waals surface area contributed by atoms with E-state index in [1.54, 1.807) is 6.07 Å². The summed E-state index contributed by atoms with van der Waals surface area (Å²) in [5.74, 6) is -0.285. The first-order valence-electron chi connectivity index (χ1n) is 5.45. The number of benzene rings is 1. The van der Waals surface area contributed by atoms with Gasteiger partial charge in [0.15, 0.2) is 0 Å². The van der Waals surface area contributed by atoms with Crippen molar-refractivity contribution in [3.63, 3.8) is 0 Å². The Morgan fingerprint density at radius 1 is 1.47 bits per heavy atom. The molecule has 0 aliphatic heterocycles. The van der Waals surface area contributed by atoms with E-state index in [0.29, 0.717) is 11.6 Å². The summed E-state index contributed by atoms with van der Waals surface area (Å²) in [6.07, 6.45) is 1.46. The smallest absolute Gasteiger partial charge is 0.374 e. The molecule has 4 nitrogen and oxygen atoms in total. The van der Waals surface area contributed by atoms with Crippen molar-refractivity contribution < 1.29 is 13.9 Å². The van der Waals surface area contributed by atoms with E-state index >= 15 is 0 Å². The second kappa shape index (κ2) is 6.29. The van der Waals surface area contributed by atoms with Crippen LogP contribution in [0.4, 0.5) is 5.69 Å². The maximum absolute atomic E-state index is 11.4. The van der Waals surface area contributed by atoms with Crippen molar-refractivity contribution in [3.05, 3.63) is 50.4 Å². The Bertz CT molecular complexity index is 597. The molecule has 0 radical (unpaired) electrons. The Morgan fingerprint density at radius 2 is 2.26 bits per heavy atom. The number of hydrogen-bond acceptors (Lipinski definition) is 4. The first-order chi connectivity index (χ1) is 9.11. The van der Waals surface area contributed by atoms with Crippen LogP contribution in [-0.2, 0) is 11.3 Å². The van der Waals surface area contributed by atoms with Crippen LogP contribution in [0.3, 0.4) is 0 Å². The van der Waals surface area contributed by atoms with Gasteiger partial charge in [0.1, 0.15) is 0 Å². The normalized spacial score (nSPS) is 10.3. The van der Waals surface area contributed by atoms with Gasteiger partial charge in [-0.3, -0.25) is 0 Å². The number of anilines is 1. The molecule has 0 spiro atoms. The van der Waals surface area contributed by atoms with E-state index in [4.69, 9.17) is 16.0 Å². The summed E-state index contributed by atoms with van der Waals surface area (Å²) in [6, 6.07) is 7.42. The van der Waals surface area contributed by atoms with E-state index < -0.39 is 5.97 Å². The largest absolute Gasteiger partial charge is 0.463 e. The SMILES string of the molecule is COC(=O)c1occc1CNc1ccc(I)cc1Cl. The average molecular weight is 392 g/mol. The second-order valence-corrected chi connectivity index (χ2v) is 5.40. The summed E-state index contributed by atoms with van der Waals surface area (Å²) in [6.45, 7) is 0.432. The Balaban J connectivity index is 2.10. The highest BCUT2D eigenvalue weighted by molar-refractivity contribution is 14.1. The highest BCUT2D eigenvalue weighted by atomic mass is 127. The first kappa shape index (κ1) is 14.2. The van der Waals surface area contributed by atoms with Gasteiger partial charge in [-0.05, 0) is 46.9 Å². The predicted octanol–water partition coefficient (Wildman–Crippen LogP) is 3.94. The van der Waals surface area contributed by atoms with Crippen LogP contribution >= 0.6 is 34.2 Å². The van der Waals surface area contributed by atoms with E-state index in [2.05, 4.69) is 32.6 Å². The van der Waals surface area contributed by atoms with Gasteiger partial charge in [-0.25, -0.2) is 4.79 Å². The minimum Gasteiger partial charge on any atom is -0.463 e. The minimum absolute atomic E-state index is 0.205. The van der Waals surface area contributed by atoms with Crippen molar-refractivity contribution in [1.29, 1.82) is 0 Å². The van der Waals surface area contributed by atoms with Gasteiger partial charge in [0.25, 0.3) is 0 Å². The van der Waals surface area contributed by atoms with Crippen molar-refractivity contribution in [2.24, 2.45) is 0 Å². The Morgan fingerprint density at radius 3 is 2.95 bits per heavy atom. The Labute approximate surface area is 129 Å². The molecule has 0 bridgehead atoms. The van der Waals surface area contributed by atoms with E-state index in [-0.39, 0.29) is 5.76 Å². The third kappa shape index (κ3) is 3.42. The number of esters is 1. The fraction of sp³-hybridized carbons (Fsp3) is 0.154. The molecule has 2 aromatic rings. The molecule has 1 aromatic heterocycles. The number of carbonyl (C=O) groups excluding carboxylic acids is 1. The molecule has 0 saturated carbocycles. The van der Waals surface area contributed by atoms with Gasteiger partial charge in [-0.2, -0.15) is 0 Å². The van der Waals surface area contributed by atoms with Crippen molar-refractivity contribution >= 4 is 45.8 Å². The molecular weight excluding hydrogens is 381 g/mol. The molecule has 0 amide bonds. The standard InChI is InChI=1S/C13H11ClINO3/c1-18-13(17)12-8(4-5-19-12)7-16-11-3-2-9(15)6-10(11)14/h2-6,16H,7H2,1H3. The molecule has 1 N–H and O–H groups in total. The van der Waals surface area contributed by atoms with Gasteiger partial charge in [-0.1, -0.05) is 11.6 Å². The Hall–Kier alpha value is -1.21. The van der Waals surface area contributed by atoms with Gasteiger partial charge in [0, 0.05) is 15.7 Å². The zero-order valence-electron chi connectivity index (χ0n) is 10.1. The summed E-state index contributed by atoms with van der Waals surface area (Å²) in [5.41, 5.74) is 1.53. The summed E-state index contributed by atoms with van der Waals surface area (Å²) < 4.78 is 10.8. The monoisotopic (exact) mass is 391 g/mol. The lowest BCUT2D eigenvalue weighted by molar-refractivity contribution is 0.0563. The number of hydrogen-bond donors (Lipinski definition) is 1. The molecule has 0 aliphatic rings. The third-order valence-corrected chi connectivity index (χ3v) is 3.50. The number of nitrogens with one attached hydrogen (secondary N) is 1. The predicted molar refractivity (Wildman–Crippen MR) is 81.5 cm³/mol. The molecule has 19 heavy (non-hydrogen) atoms. The number of rotatable bonds is 4. The second-order valence-electron chi connectivity index (χ2n) is 3.74. The molecule has 0 fully saturated rings. The molecule has 0 saturated heterocycles. The lowest BCUT2D eigenvalue weighted by atomic mass is 10.2. The molecular formula is C13H11ClINO3. The summed E-state index contributed by atoms with van der Waals surface area (Å²) in [5, 5.41) is 3.79. The lowest BCUT2D eigenvalue weighted by Crippen LogP contribution is -2.07. The molecule has 0 aliphatic carbocycles. The fourth-order valence-corrected chi connectivity index (χ4v) is 2.49. The lowest BCUT2D eigenvalue weighted by Gasteiger charge is -2.08. The molecule has 0 atom stereocenters. The molecule has 100 valence electrons. The van der Waals surface area contributed by atoms with Crippen molar-refractivity contribution in [2.45, 2.75) is 6.54 Å². The maximum atomic E-state index is 11.4. The van der Waals surface area contributed by atoms with Crippen LogP contribution in [-0.4, -0.2) is 13.1 Å². The summed E-state index contributed by atoms with van der Waals surface area (Å²) >= 11 is 8.31. The summed E-state index contributed by atoms with van der Waals surface area (Å²) in [4.78, 5) is 11.4. The highest BCUT2D eigenvalue weighted by Crippen LogP contribution is 2.25. The first-order valence-corrected chi connectivity index (χ1v) is 6.91. The fourth-order valence-electron chi connectivity index (χ4n) is 1.57. The van der Waals surface area contributed by atoms with Gasteiger partial charge < -0.3 is 14.5 Å². The van der Waals surface area contributed by atoms with Gasteiger partial charge in [-0.15, -0.1) is 0 Å². The van der Waals surface area contributed by atoms with Crippen LogP contribution in [0.2, 0.25) is 5.02 Å². The van der Waals surface area contributed by atoms with E-state index in [9.17, 15) is 4.79 Å². The zero-order valence-corrected chi connectivity index (χ0v) is 13.0. The number of methoxy groups -OCH3 is 1. The number of halogens is 2. The molecule has 1 aromatic carbocycles. The average Bonchev–Trinajstić information content (AvgIpc) is 2.85. The number of ether oxygens (including phenoxy) is 1. The van der Waals surface area contributed by atoms with Crippen LogP contribution < -0.4 is 5.32 Å². The molecule has 2 rings (SSSR count). The topological polar surface area (TPSA) is 51.5 Å². The van der Waals surface area contributed by atoms with Gasteiger partial charge >= 0.3 is 5.97 Å². The van der Waals surface area contributed by atoms with E-state index in [1.165, 1.54) is 13.4 Å². The minimum atomic E-state index is -0.490. The van der Waals surface area contributed by atoms with Gasteiger partial charge in [0.05, 0.1) is 24.1 Å². The van der Waals surface area contributed by atoms with Gasteiger partial charge in [0.2, 0.25) is 5.76 Å². The van der Waals surface area contributed by atoms with Crippen LogP contribution in [0.15, 0.2) is 34.9 Å². The number of carbonyl (C=O) groups is 1. The molecule has 6 heteroatoms.